The van der Waals surface area contributed by atoms with Gasteiger partial charge in [0.2, 0.25) is 5.16 Å². The Morgan fingerprint density at radius 1 is 1.47 bits per heavy atom. The number of thioether (sulfide) groups is 1. The molecule has 2 rings (SSSR count). The van der Waals surface area contributed by atoms with Gasteiger partial charge in [0.15, 0.2) is 0 Å². The minimum absolute atomic E-state index is 0.581. The van der Waals surface area contributed by atoms with Crippen molar-refractivity contribution < 1.29 is 4.74 Å². The van der Waals surface area contributed by atoms with Gasteiger partial charge in [-0.15, -0.1) is 5.10 Å². The van der Waals surface area contributed by atoms with Gasteiger partial charge in [0.1, 0.15) is 5.75 Å². The van der Waals surface area contributed by atoms with Gasteiger partial charge < -0.3 is 4.74 Å². The lowest BCUT2D eigenvalue weighted by atomic mass is 10.3. The summed E-state index contributed by atoms with van der Waals surface area (Å²) in [7, 11) is 1.81. The molecule has 90 valence electrons. The van der Waals surface area contributed by atoms with Crippen LogP contribution in [0.3, 0.4) is 0 Å². The highest BCUT2D eigenvalue weighted by Crippen LogP contribution is 2.18. The number of halogens is 1. The van der Waals surface area contributed by atoms with Crippen LogP contribution in [0.5, 0.6) is 5.75 Å². The molecule has 0 atom stereocenters. The van der Waals surface area contributed by atoms with E-state index >= 15 is 0 Å². The molecule has 0 saturated heterocycles. The second-order valence-electron chi connectivity index (χ2n) is 3.24. The zero-order valence-corrected chi connectivity index (χ0v) is 10.8. The third kappa shape index (κ3) is 3.61. The molecular weight excluding hydrogens is 260 g/mol. The maximum atomic E-state index is 5.84. The van der Waals surface area contributed by atoms with Crippen LogP contribution in [0.4, 0.5) is 0 Å². The fraction of sp³-hybridized carbons (Fsp3) is 0.300. The number of tetrazole rings is 1. The van der Waals surface area contributed by atoms with Gasteiger partial charge in [-0.3, -0.25) is 0 Å². The third-order valence-electron chi connectivity index (χ3n) is 1.96. The van der Waals surface area contributed by atoms with Gasteiger partial charge in [0, 0.05) is 17.8 Å². The van der Waals surface area contributed by atoms with Crippen molar-refractivity contribution in [2.45, 2.75) is 5.16 Å². The van der Waals surface area contributed by atoms with Crippen molar-refractivity contribution in [3.05, 3.63) is 29.3 Å². The highest BCUT2D eigenvalue weighted by atomic mass is 35.5. The Kier molecular flexibility index (Phi) is 4.22. The van der Waals surface area contributed by atoms with Gasteiger partial charge in [0.05, 0.1) is 6.61 Å². The van der Waals surface area contributed by atoms with Crippen molar-refractivity contribution in [3.8, 4) is 5.75 Å². The summed E-state index contributed by atoms with van der Waals surface area (Å²) in [4.78, 5) is 0. The van der Waals surface area contributed by atoms with Crippen molar-refractivity contribution in [3.63, 3.8) is 0 Å². The standard InChI is InChI=1S/C10H11ClN4OS/c1-15-10(12-13-14-15)17-6-5-16-9-4-2-3-8(11)7-9/h2-4,7H,5-6H2,1H3. The van der Waals surface area contributed by atoms with Crippen LogP contribution >= 0.6 is 23.4 Å². The van der Waals surface area contributed by atoms with Crippen LogP contribution in [0.1, 0.15) is 0 Å². The molecule has 0 fully saturated rings. The molecule has 0 saturated carbocycles. The van der Waals surface area contributed by atoms with Gasteiger partial charge in [-0.25, -0.2) is 4.68 Å². The SMILES string of the molecule is Cn1nnnc1SCCOc1cccc(Cl)c1. The molecular formula is C10H11ClN4OS. The van der Waals surface area contributed by atoms with Crippen molar-refractivity contribution in [1.82, 2.24) is 20.2 Å². The van der Waals surface area contributed by atoms with E-state index in [-0.39, 0.29) is 0 Å². The topological polar surface area (TPSA) is 52.8 Å². The smallest absolute Gasteiger partial charge is 0.209 e. The number of aromatic nitrogens is 4. The van der Waals surface area contributed by atoms with E-state index in [0.29, 0.717) is 11.6 Å². The average molecular weight is 271 g/mol. The van der Waals surface area contributed by atoms with E-state index in [9.17, 15) is 0 Å². The lowest BCUT2D eigenvalue weighted by Gasteiger charge is -2.05. The summed E-state index contributed by atoms with van der Waals surface area (Å²) in [6.07, 6.45) is 0. The van der Waals surface area contributed by atoms with Crippen molar-refractivity contribution in [1.29, 1.82) is 0 Å². The number of aryl methyl sites for hydroxylation is 1. The monoisotopic (exact) mass is 270 g/mol. The van der Waals surface area contributed by atoms with Crippen molar-refractivity contribution in [2.24, 2.45) is 7.05 Å². The molecule has 0 spiro atoms. The van der Waals surface area contributed by atoms with E-state index in [0.717, 1.165) is 16.7 Å². The first kappa shape index (κ1) is 12.2. The number of rotatable bonds is 5. The molecule has 5 nitrogen and oxygen atoms in total. The van der Waals surface area contributed by atoms with Crippen molar-refractivity contribution in [2.75, 3.05) is 12.4 Å². The van der Waals surface area contributed by atoms with Crippen LogP contribution in [-0.2, 0) is 7.05 Å². The molecule has 1 aromatic heterocycles. The molecule has 17 heavy (non-hydrogen) atoms. The molecule has 1 aromatic carbocycles. The second kappa shape index (κ2) is 5.88. The minimum Gasteiger partial charge on any atom is -0.493 e. The minimum atomic E-state index is 0.581. The lowest BCUT2D eigenvalue weighted by molar-refractivity contribution is 0.344. The Balaban J connectivity index is 1.75. The number of benzene rings is 1. The Bertz CT molecular complexity index is 491. The van der Waals surface area contributed by atoms with Crippen LogP contribution < -0.4 is 4.74 Å². The quantitative estimate of drug-likeness (QED) is 0.615. The molecule has 2 aromatic rings. The first-order chi connectivity index (χ1) is 8.25. The highest BCUT2D eigenvalue weighted by molar-refractivity contribution is 7.99. The third-order valence-corrected chi connectivity index (χ3v) is 3.17. The predicted octanol–water partition coefficient (Wildman–Crippen LogP) is 2.03. The zero-order valence-electron chi connectivity index (χ0n) is 9.21. The maximum absolute atomic E-state index is 5.84. The Morgan fingerprint density at radius 2 is 2.35 bits per heavy atom. The lowest BCUT2D eigenvalue weighted by Crippen LogP contribution is -2.01. The van der Waals surface area contributed by atoms with Gasteiger partial charge >= 0.3 is 0 Å². The summed E-state index contributed by atoms with van der Waals surface area (Å²) < 4.78 is 7.17. The first-order valence-electron chi connectivity index (χ1n) is 4.99. The summed E-state index contributed by atoms with van der Waals surface area (Å²) in [5, 5.41) is 12.6. The van der Waals surface area contributed by atoms with Gasteiger partial charge in [-0.05, 0) is 28.6 Å². The first-order valence-corrected chi connectivity index (χ1v) is 6.35. The molecule has 0 N–H and O–H groups in total. The molecule has 7 heteroatoms. The normalized spacial score (nSPS) is 10.5. The molecule has 0 unspecified atom stereocenters. The largest absolute Gasteiger partial charge is 0.493 e. The van der Waals surface area contributed by atoms with Crippen LogP contribution in [0.2, 0.25) is 5.02 Å². The summed E-state index contributed by atoms with van der Waals surface area (Å²) in [6, 6.07) is 7.34. The number of nitrogens with zero attached hydrogens (tertiary/aromatic N) is 4. The van der Waals surface area contributed by atoms with Gasteiger partial charge in [-0.1, -0.05) is 29.4 Å². The van der Waals surface area contributed by atoms with E-state index in [2.05, 4.69) is 15.5 Å². The summed E-state index contributed by atoms with van der Waals surface area (Å²) in [6.45, 7) is 0.581. The summed E-state index contributed by atoms with van der Waals surface area (Å²) in [5.41, 5.74) is 0. The highest BCUT2D eigenvalue weighted by Gasteiger charge is 2.02. The van der Waals surface area contributed by atoms with Crippen molar-refractivity contribution >= 4 is 23.4 Å². The van der Waals surface area contributed by atoms with E-state index in [1.807, 2.05) is 18.2 Å². The second-order valence-corrected chi connectivity index (χ2v) is 4.74. The van der Waals surface area contributed by atoms with E-state index in [1.165, 1.54) is 0 Å². The number of hydrogen-bond donors (Lipinski definition) is 0. The Hall–Kier alpha value is -1.27. The zero-order chi connectivity index (χ0) is 12.1. The van der Waals surface area contributed by atoms with Gasteiger partial charge in [0.25, 0.3) is 0 Å². The van der Waals surface area contributed by atoms with Crippen LogP contribution in [-0.4, -0.2) is 32.6 Å². The summed E-state index contributed by atoms with van der Waals surface area (Å²) in [5.74, 6) is 1.55. The van der Waals surface area contributed by atoms with Crippen LogP contribution in [0.15, 0.2) is 29.4 Å². The number of hydrogen-bond acceptors (Lipinski definition) is 5. The molecule has 0 amide bonds. The molecule has 0 aliphatic rings. The summed E-state index contributed by atoms with van der Waals surface area (Å²) >= 11 is 7.39. The predicted molar refractivity (Wildman–Crippen MR) is 66.5 cm³/mol. The molecule has 0 radical (unpaired) electrons. The van der Waals surface area contributed by atoms with Crippen LogP contribution in [0.25, 0.3) is 0 Å². The molecule has 0 aliphatic carbocycles. The molecule has 1 heterocycles. The Labute approximate surface area is 108 Å². The number of ether oxygens (including phenoxy) is 1. The fourth-order valence-electron chi connectivity index (χ4n) is 1.19. The van der Waals surface area contributed by atoms with E-state index in [4.69, 9.17) is 16.3 Å². The van der Waals surface area contributed by atoms with E-state index in [1.54, 1.807) is 29.6 Å². The Morgan fingerprint density at radius 3 is 3.06 bits per heavy atom. The van der Waals surface area contributed by atoms with Crippen LogP contribution in [0, 0.1) is 0 Å². The van der Waals surface area contributed by atoms with Gasteiger partial charge in [-0.2, -0.15) is 0 Å². The molecule has 0 aliphatic heterocycles. The molecule has 0 bridgehead atoms. The average Bonchev–Trinajstić information content (AvgIpc) is 2.71. The van der Waals surface area contributed by atoms with E-state index < -0.39 is 0 Å². The fourth-order valence-corrected chi connectivity index (χ4v) is 2.04. The maximum Gasteiger partial charge on any atom is 0.209 e.